The topological polar surface area (TPSA) is 59.9 Å². The summed E-state index contributed by atoms with van der Waals surface area (Å²) in [6.45, 7) is 0. The molecule has 11 heteroatoms. The number of hydrogen-bond acceptors (Lipinski definition) is 4. The van der Waals surface area contributed by atoms with Crippen molar-refractivity contribution < 1.29 is 40.6 Å². The summed E-state index contributed by atoms with van der Waals surface area (Å²) in [4.78, 5) is 10.7. The van der Waals surface area contributed by atoms with Crippen molar-refractivity contribution in [3.63, 3.8) is 0 Å². The van der Waals surface area contributed by atoms with Crippen molar-refractivity contribution in [2.24, 2.45) is 5.10 Å². The van der Waals surface area contributed by atoms with Crippen molar-refractivity contribution >= 4 is 12.3 Å². The fourth-order valence-electron chi connectivity index (χ4n) is 1.23. The Hall–Kier alpha value is -2.46. The van der Waals surface area contributed by atoms with Crippen molar-refractivity contribution in [2.75, 3.05) is 7.11 Å². The number of alkyl halides is 6. The molecule has 0 aliphatic rings. The lowest BCUT2D eigenvalue weighted by Crippen LogP contribution is -2.45. The van der Waals surface area contributed by atoms with E-state index in [1.165, 1.54) is 0 Å². The number of rotatable bonds is 5. The lowest BCUT2D eigenvalue weighted by Gasteiger charge is -2.23. The van der Waals surface area contributed by atoms with Crippen molar-refractivity contribution in [1.82, 2.24) is 5.43 Å². The summed E-state index contributed by atoms with van der Waals surface area (Å²) in [5, 5.41) is 3.43. The molecule has 1 atom stereocenters. The average Bonchev–Trinajstić information content (AvgIpc) is 2.46. The highest BCUT2D eigenvalue weighted by Gasteiger charge is 2.59. The van der Waals surface area contributed by atoms with Crippen LogP contribution in [0.5, 0.6) is 5.75 Å². The predicted octanol–water partition coefficient (Wildman–Crippen LogP) is 3.25. The normalized spacial score (nSPS) is 13.7. The van der Waals surface area contributed by atoms with Gasteiger partial charge in [-0.05, 0) is 29.8 Å². The zero-order chi connectivity index (χ0) is 17.7. The standard InChI is InChI=1S/C12H10F6N2O3/c1-22-10(21)20-19-6-7-2-4-8(5-3-7)23-12(17,18)9(13)11(14,15)16/h2-6,9H,1H3,(H,20,21)/b19-6-/t9-/m0/s1. The van der Waals surface area contributed by atoms with Crippen LogP contribution in [0.3, 0.4) is 0 Å². The van der Waals surface area contributed by atoms with E-state index < -0.39 is 30.3 Å². The van der Waals surface area contributed by atoms with E-state index in [2.05, 4.69) is 14.6 Å². The van der Waals surface area contributed by atoms with Gasteiger partial charge in [-0.15, -0.1) is 0 Å². The Morgan fingerprint density at radius 1 is 1.22 bits per heavy atom. The van der Waals surface area contributed by atoms with E-state index in [0.29, 0.717) is 5.56 Å². The molecule has 1 aromatic rings. The van der Waals surface area contributed by atoms with Crippen LogP contribution in [-0.2, 0) is 4.74 Å². The van der Waals surface area contributed by atoms with Crippen LogP contribution in [0.1, 0.15) is 5.56 Å². The van der Waals surface area contributed by atoms with Gasteiger partial charge in [-0.2, -0.15) is 27.1 Å². The number of ether oxygens (including phenoxy) is 2. The third kappa shape index (κ3) is 5.68. The smallest absolute Gasteiger partial charge is 0.439 e. The summed E-state index contributed by atoms with van der Waals surface area (Å²) in [5.74, 6) is -0.681. The molecule has 0 aliphatic heterocycles. The van der Waals surface area contributed by atoms with Crippen LogP contribution < -0.4 is 10.2 Å². The highest BCUT2D eigenvalue weighted by Crippen LogP contribution is 2.36. The number of nitrogens with one attached hydrogen (secondary N) is 1. The largest absolute Gasteiger partial charge is 0.452 e. The van der Waals surface area contributed by atoms with E-state index in [0.717, 1.165) is 37.6 Å². The number of hydrazone groups is 1. The Morgan fingerprint density at radius 2 is 1.78 bits per heavy atom. The third-order valence-electron chi connectivity index (χ3n) is 2.27. The monoisotopic (exact) mass is 344 g/mol. The summed E-state index contributed by atoms with van der Waals surface area (Å²) in [5.41, 5.74) is 2.24. The Kier molecular flexibility index (Phi) is 5.82. The van der Waals surface area contributed by atoms with Gasteiger partial charge >= 0.3 is 18.4 Å². The maximum absolute atomic E-state index is 13.0. The van der Waals surface area contributed by atoms with Gasteiger partial charge < -0.3 is 9.47 Å². The van der Waals surface area contributed by atoms with Crippen molar-refractivity contribution in [1.29, 1.82) is 0 Å². The molecule has 0 heterocycles. The van der Waals surface area contributed by atoms with Gasteiger partial charge in [0.05, 0.1) is 13.3 Å². The van der Waals surface area contributed by atoms with Crippen LogP contribution >= 0.6 is 0 Å². The van der Waals surface area contributed by atoms with Crippen LogP contribution in [-0.4, -0.2) is 37.9 Å². The number of carbonyl (C=O) groups excluding carboxylic acids is 1. The molecule has 23 heavy (non-hydrogen) atoms. The highest BCUT2D eigenvalue weighted by molar-refractivity contribution is 5.80. The zero-order valence-electron chi connectivity index (χ0n) is 11.4. The van der Waals surface area contributed by atoms with Gasteiger partial charge in [0.1, 0.15) is 5.75 Å². The Balaban J connectivity index is 2.72. The van der Waals surface area contributed by atoms with Gasteiger partial charge in [0.25, 0.3) is 6.17 Å². The predicted molar refractivity (Wildman–Crippen MR) is 66.1 cm³/mol. The molecule has 0 spiro atoms. The summed E-state index contributed by atoms with van der Waals surface area (Å²) in [6, 6.07) is 4.07. The molecule has 1 N–H and O–H groups in total. The minimum atomic E-state index is -5.75. The van der Waals surface area contributed by atoms with Gasteiger partial charge in [-0.1, -0.05) is 0 Å². The fourth-order valence-corrected chi connectivity index (χ4v) is 1.23. The number of carbonyl (C=O) groups is 1. The molecule has 1 amide bonds. The lowest BCUT2D eigenvalue weighted by molar-refractivity contribution is -0.304. The summed E-state index contributed by atoms with van der Waals surface area (Å²) in [6.07, 6.45) is -15.0. The number of hydrogen-bond donors (Lipinski definition) is 1. The number of methoxy groups -OCH3 is 1. The molecular weight excluding hydrogens is 334 g/mol. The van der Waals surface area contributed by atoms with Crippen molar-refractivity contribution in [2.45, 2.75) is 18.5 Å². The molecule has 0 saturated heterocycles. The Bertz CT molecular complexity index is 559. The SMILES string of the molecule is COC(=O)N/N=C\c1ccc(OC(F)(F)[C@@H](F)C(F)(F)F)cc1. The zero-order valence-corrected chi connectivity index (χ0v) is 11.4. The van der Waals surface area contributed by atoms with Crippen LogP contribution in [0.4, 0.5) is 31.1 Å². The number of halogens is 6. The summed E-state index contributed by atoms with van der Waals surface area (Å²) < 4.78 is 82.5. The van der Waals surface area contributed by atoms with Crippen LogP contribution in [0, 0.1) is 0 Å². The molecule has 128 valence electrons. The van der Waals surface area contributed by atoms with E-state index in [4.69, 9.17) is 0 Å². The highest BCUT2D eigenvalue weighted by atomic mass is 19.4. The first kappa shape index (κ1) is 18.6. The Labute approximate surface area is 125 Å². The van der Waals surface area contributed by atoms with Gasteiger partial charge in [0, 0.05) is 0 Å². The molecule has 0 aliphatic carbocycles. The second-order valence-corrected chi connectivity index (χ2v) is 4.00. The fraction of sp³-hybridized carbons (Fsp3) is 0.333. The van der Waals surface area contributed by atoms with Crippen LogP contribution in [0.15, 0.2) is 29.4 Å². The first-order chi connectivity index (χ1) is 10.6. The molecule has 0 bridgehead atoms. The van der Waals surface area contributed by atoms with Gasteiger partial charge in [-0.3, -0.25) is 0 Å². The summed E-state index contributed by atoms with van der Waals surface area (Å²) >= 11 is 0. The first-order valence-electron chi connectivity index (χ1n) is 5.81. The minimum Gasteiger partial charge on any atom is -0.452 e. The molecule has 0 unspecified atom stereocenters. The molecule has 0 radical (unpaired) electrons. The van der Waals surface area contributed by atoms with Crippen molar-refractivity contribution in [3.05, 3.63) is 29.8 Å². The van der Waals surface area contributed by atoms with Gasteiger partial charge in [0.2, 0.25) is 0 Å². The quantitative estimate of drug-likeness (QED) is 0.507. The second-order valence-electron chi connectivity index (χ2n) is 4.00. The maximum atomic E-state index is 13.0. The maximum Gasteiger partial charge on any atom is 0.439 e. The third-order valence-corrected chi connectivity index (χ3v) is 2.27. The molecule has 0 fully saturated rings. The molecule has 1 aromatic carbocycles. The number of amides is 1. The van der Waals surface area contributed by atoms with E-state index in [-0.39, 0.29) is 0 Å². The van der Waals surface area contributed by atoms with Crippen LogP contribution in [0.2, 0.25) is 0 Å². The molecule has 5 nitrogen and oxygen atoms in total. The number of benzene rings is 1. The minimum absolute atomic E-state index is 0.296. The van der Waals surface area contributed by atoms with E-state index in [9.17, 15) is 31.1 Å². The number of nitrogens with zero attached hydrogens (tertiary/aromatic N) is 1. The van der Waals surface area contributed by atoms with E-state index in [1.54, 1.807) is 0 Å². The Morgan fingerprint density at radius 3 is 2.26 bits per heavy atom. The first-order valence-corrected chi connectivity index (χ1v) is 5.81. The summed E-state index contributed by atoms with van der Waals surface area (Å²) in [7, 11) is 1.11. The van der Waals surface area contributed by atoms with E-state index >= 15 is 0 Å². The van der Waals surface area contributed by atoms with Gasteiger partial charge in [0.15, 0.2) is 0 Å². The molecule has 0 aromatic heterocycles. The molecular formula is C12H10F6N2O3. The molecule has 0 saturated carbocycles. The van der Waals surface area contributed by atoms with Crippen LogP contribution in [0.25, 0.3) is 0 Å². The van der Waals surface area contributed by atoms with E-state index in [1.807, 2.05) is 5.43 Å². The average molecular weight is 344 g/mol. The van der Waals surface area contributed by atoms with Crippen molar-refractivity contribution in [3.8, 4) is 5.75 Å². The second kappa shape index (κ2) is 7.20. The van der Waals surface area contributed by atoms with Gasteiger partial charge in [-0.25, -0.2) is 14.6 Å². The lowest BCUT2D eigenvalue weighted by atomic mass is 10.2. The molecule has 1 rings (SSSR count).